The van der Waals surface area contributed by atoms with E-state index >= 15 is 0 Å². The molecular formula is C17H16FN3O3. The third kappa shape index (κ3) is 3.21. The molecule has 3 rings (SSSR count). The molecule has 7 heteroatoms. The van der Waals surface area contributed by atoms with Gasteiger partial charge in [0.15, 0.2) is 11.6 Å². The molecule has 0 aliphatic rings. The van der Waals surface area contributed by atoms with Crippen molar-refractivity contribution in [3.05, 3.63) is 42.2 Å². The van der Waals surface area contributed by atoms with Gasteiger partial charge >= 0.3 is 0 Å². The summed E-state index contributed by atoms with van der Waals surface area (Å²) in [4.78, 5) is 10.6. The van der Waals surface area contributed by atoms with Crippen molar-refractivity contribution in [1.29, 1.82) is 0 Å². The summed E-state index contributed by atoms with van der Waals surface area (Å²) >= 11 is 0. The molecule has 0 bridgehead atoms. The molecule has 0 atom stereocenters. The van der Waals surface area contributed by atoms with Crippen LogP contribution in [0.1, 0.15) is 0 Å². The van der Waals surface area contributed by atoms with Gasteiger partial charge in [0, 0.05) is 23.7 Å². The van der Waals surface area contributed by atoms with Gasteiger partial charge in [0.05, 0.1) is 12.1 Å². The zero-order valence-electron chi connectivity index (χ0n) is 13.0. The first-order chi connectivity index (χ1) is 11.7. The number of methoxy groups -OCH3 is 1. The van der Waals surface area contributed by atoms with E-state index in [0.717, 1.165) is 10.9 Å². The zero-order chi connectivity index (χ0) is 16.9. The summed E-state index contributed by atoms with van der Waals surface area (Å²) in [5.74, 6) is -0.305. The van der Waals surface area contributed by atoms with Crippen LogP contribution in [0.3, 0.4) is 0 Å². The molecular weight excluding hydrogens is 313 g/mol. The van der Waals surface area contributed by atoms with Crippen LogP contribution in [0.25, 0.3) is 22.2 Å². The summed E-state index contributed by atoms with van der Waals surface area (Å²) in [5.41, 5.74) is 2.82. The highest BCUT2D eigenvalue weighted by molar-refractivity contribution is 5.96. The van der Waals surface area contributed by atoms with E-state index in [-0.39, 0.29) is 12.4 Å². The van der Waals surface area contributed by atoms with Crippen molar-refractivity contribution in [3.63, 3.8) is 0 Å². The van der Waals surface area contributed by atoms with E-state index in [4.69, 9.17) is 9.47 Å². The van der Waals surface area contributed by atoms with Gasteiger partial charge in [0.1, 0.15) is 12.3 Å². The SMILES string of the molecule is COCCOc1cc(-c2n[nH]c3ccc(NC=O)cc23)ccc1F. The van der Waals surface area contributed by atoms with Gasteiger partial charge in [0.2, 0.25) is 6.41 Å². The molecule has 0 aliphatic carbocycles. The maximum absolute atomic E-state index is 13.9. The minimum absolute atomic E-state index is 0.142. The van der Waals surface area contributed by atoms with Gasteiger partial charge in [-0.2, -0.15) is 5.10 Å². The van der Waals surface area contributed by atoms with Gasteiger partial charge in [-0.1, -0.05) is 0 Å². The van der Waals surface area contributed by atoms with Crippen LogP contribution in [0.15, 0.2) is 36.4 Å². The molecule has 0 radical (unpaired) electrons. The molecule has 2 N–H and O–H groups in total. The molecule has 124 valence electrons. The average Bonchev–Trinajstić information content (AvgIpc) is 3.00. The lowest BCUT2D eigenvalue weighted by atomic mass is 10.1. The second-order valence-corrected chi connectivity index (χ2v) is 5.08. The minimum Gasteiger partial charge on any atom is -0.488 e. The third-order valence-electron chi connectivity index (χ3n) is 3.54. The van der Waals surface area contributed by atoms with Crippen molar-refractivity contribution in [2.24, 2.45) is 0 Å². The molecule has 0 fully saturated rings. The average molecular weight is 329 g/mol. The number of H-pyrrole nitrogens is 1. The van der Waals surface area contributed by atoms with E-state index < -0.39 is 5.82 Å². The lowest BCUT2D eigenvalue weighted by molar-refractivity contribution is -0.105. The standard InChI is InChI=1S/C17H16FN3O3/c1-23-6-7-24-16-8-11(2-4-14(16)18)17-13-9-12(19-10-22)3-5-15(13)20-21-17/h2-5,8-10H,6-7H2,1H3,(H,19,22)(H,20,21). The second-order valence-electron chi connectivity index (χ2n) is 5.08. The molecule has 0 unspecified atom stereocenters. The molecule has 2 aromatic carbocycles. The first-order valence-corrected chi connectivity index (χ1v) is 7.33. The predicted molar refractivity (Wildman–Crippen MR) is 88.5 cm³/mol. The Balaban J connectivity index is 1.98. The van der Waals surface area contributed by atoms with E-state index in [1.165, 1.54) is 6.07 Å². The van der Waals surface area contributed by atoms with Crippen molar-refractivity contribution in [3.8, 4) is 17.0 Å². The largest absolute Gasteiger partial charge is 0.488 e. The molecule has 1 aromatic heterocycles. The summed E-state index contributed by atoms with van der Waals surface area (Å²) in [5, 5.41) is 10.6. The number of hydrogen-bond acceptors (Lipinski definition) is 4. The van der Waals surface area contributed by atoms with Crippen LogP contribution in [0.2, 0.25) is 0 Å². The van der Waals surface area contributed by atoms with Gasteiger partial charge in [0.25, 0.3) is 0 Å². The summed E-state index contributed by atoms with van der Waals surface area (Å²) in [6, 6.07) is 9.96. The van der Waals surface area contributed by atoms with Crippen LogP contribution in [0.5, 0.6) is 5.75 Å². The normalized spacial score (nSPS) is 10.8. The van der Waals surface area contributed by atoms with E-state index in [1.54, 1.807) is 31.4 Å². The number of fused-ring (bicyclic) bond motifs is 1. The molecule has 1 amide bonds. The number of anilines is 1. The van der Waals surface area contributed by atoms with Crippen molar-refractivity contribution in [2.45, 2.75) is 0 Å². The first kappa shape index (κ1) is 15.9. The quantitative estimate of drug-likeness (QED) is 0.516. The second kappa shape index (κ2) is 7.10. The van der Waals surface area contributed by atoms with Crippen LogP contribution < -0.4 is 10.1 Å². The highest BCUT2D eigenvalue weighted by Gasteiger charge is 2.12. The molecule has 0 saturated carbocycles. The van der Waals surface area contributed by atoms with Crippen LogP contribution in [-0.4, -0.2) is 36.9 Å². The zero-order valence-corrected chi connectivity index (χ0v) is 13.0. The summed E-state index contributed by atoms with van der Waals surface area (Å²) < 4.78 is 24.2. The third-order valence-corrected chi connectivity index (χ3v) is 3.54. The number of nitrogens with zero attached hydrogens (tertiary/aromatic N) is 1. The number of halogens is 1. The number of aromatic nitrogens is 2. The molecule has 6 nitrogen and oxygen atoms in total. The molecule has 0 saturated heterocycles. The lowest BCUT2D eigenvalue weighted by Crippen LogP contribution is -2.05. The topological polar surface area (TPSA) is 76.2 Å². The van der Waals surface area contributed by atoms with Crippen LogP contribution >= 0.6 is 0 Å². The number of carbonyl (C=O) groups excluding carboxylic acids is 1. The van der Waals surface area contributed by atoms with E-state index in [9.17, 15) is 9.18 Å². The van der Waals surface area contributed by atoms with Gasteiger partial charge in [-0.25, -0.2) is 4.39 Å². The highest BCUT2D eigenvalue weighted by Crippen LogP contribution is 2.31. The van der Waals surface area contributed by atoms with Crippen LogP contribution in [-0.2, 0) is 9.53 Å². The minimum atomic E-state index is -0.446. The number of hydrogen-bond donors (Lipinski definition) is 2. The number of ether oxygens (including phenoxy) is 2. The highest BCUT2D eigenvalue weighted by atomic mass is 19.1. The summed E-state index contributed by atoms with van der Waals surface area (Å²) in [7, 11) is 1.55. The predicted octanol–water partition coefficient (Wildman–Crippen LogP) is 2.96. The fourth-order valence-electron chi connectivity index (χ4n) is 2.39. The Morgan fingerprint density at radius 3 is 2.92 bits per heavy atom. The maximum atomic E-state index is 13.9. The fourth-order valence-corrected chi connectivity index (χ4v) is 2.39. The fraction of sp³-hybridized carbons (Fsp3) is 0.176. The molecule has 0 aliphatic heterocycles. The molecule has 1 heterocycles. The van der Waals surface area contributed by atoms with Crippen molar-refractivity contribution < 1.29 is 18.7 Å². The Bertz CT molecular complexity index is 863. The van der Waals surface area contributed by atoms with Crippen LogP contribution in [0, 0.1) is 5.82 Å². The molecule has 24 heavy (non-hydrogen) atoms. The Morgan fingerprint density at radius 2 is 2.12 bits per heavy atom. The van der Waals surface area contributed by atoms with Gasteiger partial charge in [-0.3, -0.25) is 9.89 Å². The Labute approximate surface area is 137 Å². The monoisotopic (exact) mass is 329 g/mol. The number of rotatable bonds is 7. The Hall–Kier alpha value is -2.93. The van der Waals surface area contributed by atoms with Crippen molar-refractivity contribution >= 4 is 23.0 Å². The van der Waals surface area contributed by atoms with E-state index in [1.807, 2.05) is 6.07 Å². The number of nitrogens with one attached hydrogen (secondary N) is 2. The van der Waals surface area contributed by atoms with E-state index in [0.29, 0.717) is 30.0 Å². The number of amides is 1. The van der Waals surface area contributed by atoms with Gasteiger partial charge in [-0.15, -0.1) is 0 Å². The van der Waals surface area contributed by atoms with Gasteiger partial charge < -0.3 is 14.8 Å². The number of carbonyl (C=O) groups is 1. The smallest absolute Gasteiger partial charge is 0.211 e. The Morgan fingerprint density at radius 1 is 1.25 bits per heavy atom. The maximum Gasteiger partial charge on any atom is 0.211 e. The number of aromatic amines is 1. The van der Waals surface area contributed by atoms with E-state index in [2.05, 4.69) is 15.5 Å². The molecule has 3 aromatic rings. The van der Waals surface area contributed by atoms with Gasteiger partial charge in [-0.05, 0) is 36.4 Å². The van der Waals surface area contributed by atoms with Crippen LogP contribution in [0.4, 0.5) is 10.1 Å². The number of benzene rings is 2. The Kier molecular flexibility index (Phi) is 4.72. The van der Waals surface area contributed by atoms with Crippen molar-refractivity contribution in [1.82, 2.24) is 10.2 Å². The molecule has 0 spiro atoms. The summed E-state index contributed by atoms with van der Waals surface area (Å²) in [6.45, 7) is 0.626. The van der Waals surface area contributed by atoms with Crippen molar-refractivity contribution in [2.75, 3.05) is 25.6 Å². The first-order valence-electron chi connectivity index (χ1n) is 7.33. The lowest BCUT2D eigenvalue weighted by Gasteiger charge is -2.08. The summed E-state index contributed by atoms with van der Waals surface area (Å²) in [6.07, 6.45) is 0.612.